The van der Waals surface area contributed by atoms with Crippen LogP contribution in [0.15, 0.2) is 60.7 Å². The smallest absolute Gasteiger partial charge is 0.387 e. The van der Waals surface area contributed by atoms with Gasteiger partial charge in [0.15, 0.2) is 24.2 Å². The Morgan fingerprint density at radius 3 is 2.56 bits per heavy atom. The molecular formula is C27H25F2NO6. The molecule has 2 heterocycles. The van der Waals surface area contributed by atoms with Gasteiger partial charge in [-0.1, -0.05) is 24.3 Å². The van der Waals surface area contributed by atoms with Gasteiger partial charge in [0.05, 0.1) is 6.54 Å². The Morgan fingerprint density at radius 1 is 1.11 bits per heavy atom. The highest BCUT2D eigenvalue weighted by molar-refractivity contribution is 6.00. The molecule has 0 radical (unpaired) electrons. The molecular weight excluding hydrogens is 472 g/mol. The highest BCUT2D eigenvalue weighted by Gasteiger charge is 2.24. The van der Waals surface area contributed by atoms with E-state index < -0.39 is 19.2 Å². The molecule has 3 aromatic rings. The summed E-state index contributed by atoms with van der Waals surface area (Å²) in [4.78, 5) is 24.8. The number of rotatable bonds is 9. The van der Waals surface area contributed by atoms with E-state index in [0.29, 0.717) is 35.8 Å². The van der Waals surface area contributed by atoms with Crippen molar-refractivity contribution in [1.29, 1.82) is 0 Å². The van der Waals surface area contributed by atoms with Crippen molar-refractivity contribution >= 4 is 17.8 Å². The standard InChI is InChI=1S/C27H25F2NO6/c1-17-13-22(18(2)30(17)14-21-15-33-24-5-3-4-6-25(24)35-21)23(31)16-34-26(32)12-9-19-7-10-20(11-8-19)36-27(28)29/h3-13,21,27H,14-16H2,1-2H3/b12-9+/t21-/m1/s1. The number of hydrogen-bond acceptors (Lipinski definition) is 6. The normalized spacial score (nSPS) is 14.8. The summed E-state index contributed by atoms with van der Waals surface area (Å²) in [6, 6.07) is 15.0. The summed E-state index contributed by atoms with van der Waals surface area (Å²) in [5.74, 6) is 0.386. The predicted octanol–water partition coefficient (Wildman–Crippen LogP) is 4.99. The Balaban J connectivity index is 1.32. The van der Waals surface area contributed by atoms with Crippen molar-refractivity contribution in [2.45, 2.75) is 33.1 Å². The lowest BCUT2D eigenvalue weighted by atomic mass is 10.1. The number of fused-ring (bicyclic) bond motifs is 1. The number of alkyl halides is 2. The average molecular weight is 497 g/mol. The van der Waals surface area contributed by atoms with Crippen LogP contribution in [0.4, 0.5) is 8.78 Å². The Hall–Kier alpha value is -4.14. The number of esters is 1. The lowest BCUT2D eigenvalue weighted by Gasteiger charge is -2.27. The van der Waals surface area contributed by atoms with Gasteiger partial charge < -0.3 is 23.5 Å². The van der Waals surface area contributed by atoms with Crippen LogP contribution < -0.4 is 14.2 Å². The first-order valence-corrected chi connectivity index (χ1v) is 11.3. The minimum Gasteiger partial charge on any atom is -0.486 e. The van der Waals surface area contributed by atoms with Gasteiger partial charge in [-0.15, -0.1) is 0 Å². The minimum atomic E-state index is -2.91. The summed E-state index contributed by atoms with van der Waals surface area (Å²) in [5, 5.41) is 0. The van der Waals surface area contributed by atoms with Gasteiger partial charge in [-0.25, -0.2) is 4.79 Å². The van der Waals surface area contributed by atoms with Crippen LogP contribution in [0.1, 0.15) is 27.3 Å². The fourth-order valence-electron chi connectivity index (χ4n) is 3.91. The minimum absolute atomic E-state index is 0.0142. The van der Waals surface area contributed by atoms with E-state index in [2.05, 4.69) is 4.74 Å². The molecule has 7 nitrogen and oxygen atoms in total. The molecule has 36 heavy (non-hydrogen) atoms. The van der Waals surface area contributed by atoms with Crippen LogP contribution in [0.25, 0.3) is 6.08 Å². The number of halogens is 2. The summed E-state index contributed by atoms with van der Waals surface area (Å²) in [6.45, 7) is 1.31. The molecule has 188 valence electrons. The van der Waals surface area contributed by atoms with E-state index in [9.17, 15) is 18.4 Å². The van der Waals surface area contributed by atoms with Crippen LogP contribution in [0.3, 0.4) is 0 Å². The van der Waals surface area contributed by atoms with Gasteiger partial charge in [0.25, 0.3) is 0 Å². The number of ether oxygens (including phenoxy) is 4. The summed E-state index contributed by atoms with van der Waals surface area (Å²) < 4.78 is 47.6. The number of Topliss-reactive ketones (excluding diaryl/α,β-unsaturated/α-hetero) is 1. The molecule has 0 fully saturated rings. The topological polar surface area (TPSA) is 76.0 Å². The first-order valence-electron chi connectivity index (χ1n) is 11.3. The molecule has 0 saturated carbocycles. The van der Waals surface area contributed by atoms with Gasteiger partial charge in [0.1, 0.15) is 12.4 Å². The van der Waals surface area contributed by atoms with Crippen molar-refractivity contribution in [2.24, 2.45) is 0 Å². The van der Waals surface area contributed by atoms with Crippen molar-refractivity contribution in [3.05, 3.63) is 83.2 Å². The lowest BCUT2D eigenvalue weighted by Crippen LogP contribution is -2.33. The molecule has 1 aliphatic heterocycles. The molecule has 0 spiro atoms. The van der Waals surface area contributed by atoms with E-state index in [0.717, 1.165) is 17.5 Å². The van der Waals surface area contributed by atoms with Crippen molar-refractivity contribution in [2.75, 3.05) is 13.2 Å². The number of nitrogens with zero attached hydrogens (tertiary/aromatic N) is 1. The molecule has 9 heteroatoms. The number of carbonyl (C=O) groups excluding carboxylic acids is 2. The number of aryl methyl sites for hydroxylation is 1. The maximum atomic E-state index is 12.7. The van der Waals surface area contributed by atoms with Crippen molar-refractivity contribution in [1.82, 2.24) is 4.57 Å². The van der Waals surface area contributed by atoms with Gasteiger partial charge >= 0.3 is 12.6 Å². The van der Waals surface area contributed by atoms with Crippen molar-refractivity contribution in [3.8, 4) is 17.2 Å². The van der Waals surface area contributed by atoms with Crippen LogP contribution in [0.2, 0.25) is 0 Å². The van der Waals surface area contributed by atoms with Gasteiger partial charge in [0.2, 0.25) is 5.78 Å². The predicted molar refractivity (Wildman–Crippen MR) is 128 cm³/mol. The molecule has 0 N–H and O–H groups in total. The van der Waals surface area contributed by atoms with Gasteiger partial charge in [-0.05, 0) is 55.8 Å². The Bertz CT molecular complexity index is 1270. The first kappa shape index (κ1) is 25.0. The van der Waals surface area contributed by atoms with E-state index in [-0.39, 0.29) is 17.6 Å². The van der Waals surface area contributed by atoms with E-state index in [4.69, 9.17) is 14.2 Å². The third kappa shape index (κ3) is 6.10. The number of carbonyl (C=O) groups is 2. The first-order chi connectivity index (χ1) is 17.3. The molecule has 4 rings (SSSR count). The third-order valence-electron chi connectivity index (χ3n) is 5.69. The highest BCUT2D eigenvalue weighted by Crippen LogP contribution is 2.31. The second kappa shape index (κ2) is 11.1. The lowest BCUT2D eigenvalue weighted by molar-refractivity contribution is -0.136. The van der Waals surface area contributed by atoms with Crippen LogP contribution in [-0.2, 0) is 16.1 Å². The zero-order chi connectivity index (χ0) is 25.7. The Labute approximate surface area is 206 Å². The Kier molecular flexibility index (Phi) is 7.68. The number of ketones is 1. The molecule has 0 aliphatic carbocycles. The van der Waals surface area contributed by atoms with Crippen molar-refractivity contribution < 1.29 is 37.3 Å². The molecule has 0 bridgehead atoms. The molecule has 0 amide bonds. The molecule has 0 saturated heterocycles. The molecule has 1 aliphatic rings. The average Bonchev–Trinajstić information content (AvgIpc) is 3.15. The van der Waals surface area contributed by atoms with Crippen LogP contribution in [-0.4, -0.2) is 42.2 Å². The molecule has 1 atom stereocenters. The highest BCUT2D eigenvalue weighted by atomic mass is 19.3. The zero-order valence-electron chi connectivity index (χ0n) is 19.8. The quantitative estimate of drug-likeness (QED) is 0.236. The second-order valence-electron chi connectivity index (χ2n) is 8.20. The number of hydrogen-bond donors (Lipinski definition) is 0. The SMILES string of the molecule is Cc1cc(C(=O)COC(=O)/C=C/c2ccc(OC(F)F)cc2)c(C)n1C[C@@H]1COc2ccccc2O1. The van der Waals surface area contributed by atoms with E-state index in [1.807, 2.05) is 42.7 Å². The second-order valence-corrected chi connectivity index (χ2v) is 8.20. The van der Waals surface area contributed by atoms with Gasteiger partial charge in [0, 0.05) is 23.0 Å². The summed E-state index contributed by atoms with van der Waals surface area (Å²) in [6.07, 6.45) is 2.40. The largest absolute Gasteiger partial charge is 0.486 e. The Morgan fingerprint density at radius 2 is 1.83 bits per heavy atom. The third-order valence-corrected chi connectivity index (χ3v) is 5.69. The molecule has 1 aromatic heterocycles. The maximum Gasteiger partial charge on any atom is 0.387 e. The number of aromatic nitrogens is 1. The van der Waals surface area contributed by atoms with Gasteiger partial charge in [-0.2, -0.15) is 8.78 Å². The maximum absolute atomic E-state index is 12.7. The van der Waals surface area contributed by atoms with Crippen LogP contribution in [0.5, 0.6) is 17.2 Å². The summed E-state index contributed by atoms with van der Waals surface area (Å²) in [5.41, 5.74) is 2.68. The van der Waals surface area contributed by atoms with Crippen LogP contribution >= 0.6 is 0 Å². The number of para-hydroxylation sites is 2. The van der Waals surface area contributed by atoms with Crippen LogP contribution in [0, 0.1) is 13.8 Å². The molecule has 0 unspecified atom stereocenters. The number of benzene rings is 2. The summed E-state index contributed by atoms with van der Waals surface area (Å²) in [7, 11) is 0. The fraction of sp³-hybridized carbons (Fsp3) is 0.259. The summed E-state index contributed by atoms with van der Waals surface area (Å²) >= 11 is 0. The van der Waals surface area contributed by atoms with E-state index >= 15 is 0 Å². The van der Waals surface area contributed by atoms with E-state index in [1.54, 1.807) is 6.07 Å². The van der Waals surface area contributed by atoms with Gasteiger partial charge in [-0.3, -0.25) is 4.79 Å². The molecule has 2 aromatic carbocycles. The van der Waals surface area contributed by atoms with Crippen molar-refractivity contribution in [3.63, 3.8) is 0 Å². The fourth-order valence-corrected chi connectivity index (χ4v) is 3.91. The van der Waals surface area contributed by atoms with E-state index in [1.165, 1.54) is 30.3 Å². The zero-order valence-corrected chi connectivity index (χ0v) is 19.8. The monoisotopic (exact) mass is 497 g/mol.